The molecule has 1 aliphatic heterocycles. The molecule has 2 rings (SSSR count). The van der Waals surface area contributed by atoms with Crippen LogP contribution in [0.4, 0.5) is 0 Å². The van der Waals surface area contributed by atoms with Crippen LogP contribution in [0.1, 0.15) is 12.0 Å². The van der Waals surface area contributed by atoms with Gasteiger partial charge in [0, 0.05) is 18.6 Å². The third-order valence-corrected chi connectivity index (χ3v) is 2.92. The molecule has 0 amide bonds. The Bertz CT molecular complexity index is 288. The first-order valence-corrected chi connectivity index (χ1v) is 5.19. The van der Waals surface area contributed by atoms with Crippen LogP contribution in [0.2, 0.25) is 0 Å². The summed E-state index contributed by atoms with van der Waals surface area (Å²) in [4.78, 5) is 2.27. The van der Waals surface area contributed by atoms with Crippen LogP contribution in [-0.2, 0) is 6.42 Å². The smallest absolute Gasteiger partial charge is 0.0415 e. The molecular formula is C12H18N2. The zero-order valence-electron chi connectivity index (χ0n) is 8.74. The van der Waals surface area contributed by atoms with E-state index in [1.165, 1.54) is 5.56 Å². The van der Waals surface area contributed by atoms with Crippen molar-refractivity contribution < 1.29 is 0 Å². The van der Waals surface area contributed by atoms with Crippen molar-refractivity contribution >= 4 is 0 Å². The molecule has 0 aromatic heterocycles. The predicted octanol–water partition coefficient (Wildman–Crippen LogP) is 1.26. The first kappa shape index (κ1) is 9.69. The molecule has 1 saturated heterocycles. The van der Waals surface area contributed by atoms with E-state index in [1.54, 1.807) is 0 Å². The molecule has 1 aromatic rings. The van der Waals surface area contributed by atoms with E-state index in [1.807, 2.05) is 0 Å². The molecule has 0 aliphatic carbocycles. The van der Waals surface area contributed by atoms with Crippen molar-refractivity contribution in [2.45, 2.75) is 18.4 Å². The Hall–Kier alpha value is -0.860. The SMILES string of the molecule is CN1CC(N)(CCc2ccccc2)C1. The number of nitrogens with two attached hydrogens (primary N) is 1. The minimum Gasteiger partial charge on any atom is -0.323 e. The molecule has 1 aromatic carbocycles. The quantitative estimate of drug-likeness (QED) is 0.777. The zero-order valence-corrected chi connectivity index (χ0v) is 8.74. The maximum absolute atomic E-state index is 6.20. The van der Waals surface area contributed by atoms with E-state index >= 15 is 0 Å². The van der Waals surface area contributed by atoms with Gasteiger partial charge in [0.25, 0.3) is 0 Å². The summed E-state index contributed by atoms with van der Waals surface area (Å²) in [6.45, 7) is 2.08. The summed E-state index contributed by atoms with van der Waals surface area (Å²) in [5, 5.41) is 0. The number of hydrogen-bond acceptors (Lipinski definition) is 2. The molecule has 0 atom stereocenters. The fraction of sp³-hybridized carbons (Fsp3) is 0.500. The van der Waals surface area contributed by atoms with Gasteiger partial charge >= 0.3 is 0 Å². The molecule has 0 radical (unpaired) electrons. The molecule has 0 spiro atoms. The van der Waals surface area contributed by atoms with Crippen molar-refractivity contribution in [2.75, 3.05) is 20.1 Å². The predicted molar refractivity (Wildman–Crippen MR) is 59.2 cm³/mol. The Morgan fingerprint density at radius 2 is 1.93 bits per heavy atom. The van der Waals surface area contributed by atoms with E-state index in [9.17, 15) is 0 Å². The Morgan fingerprint density at radius 1 is 1.29 bits per heavy atom. The number of rotatable bonds is 3. The second-order valence-electron chi connectivity index (χ2n) is 4.52. The highest BCUT2D eigenvalue weighted by Crippen LogP contribution is 2.21. The molecule has 0 saturated carbocycles. The van der Waals surface area contributed by atoms with Crippen molar-refractivity contribution in [3.8, 4) is 0 Å². The average Bonchev–Trinajstić information content (AvgIpc) is 2.15. The summed E-state index contributed by atoms with van der Waals surface area (Å²) in [7, 11) is 2.12. The van der Waals surface area contributed by atoms with Gasteiger partial charge in [-0.15, -0.1) is 0 Å². The van der Waals surface area contributed by atoms with Gasteiger partial charge in [-0.1, -0.05) is 30.3 Å². The van der Waals surface area contributed by atoms with Gasteiger partial charge in [0.05, 0.1) is 0 Å². The Balaban J connectivity index is 1.83. The maximum atomic E-state index is 6.20. The minimum absolute atomic E-state index is 0.0740. The number of hydrogen-bond donors (Lipinski definition) is 1. The normalized spacial score (nSPS) is 20.4. The van der Waals surface area contributed by atoms with Crippen molar-refractivity contribution in [1.29, 1.82) is 0 Å². The van der Waals surface area contributed by atoms with Crippen LogP contribution in [0, 0.1) is 0 Å². The van der Waals surface area contributed by atoms with E-state index in [2.05, 4.69) is 42.3 Å². The van der Waals surface area contributed by atoms with E-state index < -0.39 is 0 Å². The number of likely N-dealkylation sites (tertiary alicyclic amines) is 1. The van der Waals surface area contributed by atoms with Gasteiger partial charge in [-0.2, -0.15) is 0 Å². The summed E-state index contributed by atoms with van der Waals surface area (Å²) < 4.78 is 0. The summed E-state index contributed by atoms with van der Waals surface area (Å²) in [6.07, 6.45) is 2.20. The molecule has 0 bridgehead atoms. The van der Waals surface area contributed by atoms with Crippen LogP contribution >= 0.6 is 0 Å². The van der Waals surface area contributed by atoms with Crippen LogP contribution in [0.15, 0.2) is 30.3 Å². The summed E-state index contributed by atoms with van der Waals surface area (Å²) in [5.74, 6) is 0. The van der Waals surface area contributed by atoms with Crippen molar-refractivity contribution in [3.63, 3.8) is 0 Å². The van der Waals surface area contributed by atoms with E-state index in [0.29, 0.717) is 0 Å². The topological polar surface area (TPSA) is 29.3 Å². The lowest BCUT2D eigenvalue weighted by atomic mass is 9.85. The van der Waals surface area contributed by atoms with Crippen LogP contribution in [-0.4, -0.2) is 30.6 Å². The molecule has 2 N–H and O–H groups in total. The van der Waals surface area contributed by atoms with Crippen molar-refractivity contribution in [3.05, 3.63) is 35.9 Å². The summed E-state index contributed by atoms with van der Waals surface area (Å²) in [5.41, 5.74) is 7.67. The molecular weight excluding hydrogens is 172 g/mol. The monoisotopic (exact) mass is 190 g/mol. The van der Waals surface area contributed by atoms with Crippen LogP contribution in [0.3, 0.4) is 0 Å². The highest BCUT2D eigenvalue weighted by atomic mass is 15.2. The fourth-order valence-electron chi connectivity index (χ4n) is 2.22. The zero-order chi connectivity index (χ0) is 10.0. The highest BCUT2D eigenvalue weighted by molar-refractivity contribution is 5.16. The Kier molecular flexibility index (Phi) is 2.57. The van der Waals surface area contributed by atoms with E-state index in [4.69, 9.17) is 5.73 Å². The molecule has 2 nitrogen and oxygen atoms in total. The molecule has 14 heavy (non-hydrogen) atoms. The lowest BCUT2D eigenvalue weighted by Gasteiger charge is -2.46. The lowest BCUT2D eigenvalue weighted by Crippen LogP contribution is -2.65. The first-order valence-electron chi connectivity index (χ1n) is 5.19. The first-order chi connectivity index (χ1) is 6.68. The van der Waals surface area contributed by atoms with Crippen molar-refractivity contribution in [1.82, 2.24) is 4.90 Å². The second-order valence-corrected chi connectivity index (χ2v) is 4.52. The standard InChI is InChI=1S/C12H18N2/c1-14-9-12(13,10-14)8-7-11-5-3-2-4-6-11/h2-6H,7-10,13H2,1H3. The Labute approximate surface area is 85.7 Å². The largest absolute Gasteiger partial charge is 0.323 e. The molecule has 2 heteroatoms. The van der Waals surface area contributed by atoms with E-state index in [0.717, 1.165) is 25.9 Å². The molecule has 1 heterocycles. The average molecular weight is 190 g/mol. The number of aryl methyl sites for hydroxylation is 1. The van der Waals surface area contributed by atoms with Gasteiger partial charge in [-0.25, -0.2) is 0 Å². The van der Waals surface area contributed by atoms with Crippen LogP contribution in [0.25, 0.3) is 0 Å². The van der Waals surface area contributed by atoms with Crippen LogP contribution < -0.4 is 5.73 Å². The van der Waals surface area contributed by atoms with Gasteiger partial charge in [0.2, 0.25) is 0 Å². The maximum Gasteiger partial charge on any atom is 0.0415 e. The van der Waals surface area contributed by atoms with Gasteiger partial charge in [-0.05, 0) is 25.5 Å². The third kappa shape index (κ3) is 2.14. The molecule has 76 valence electrons. The van der Waals surface area contributed by atoms with Crippen molar-refractivity contribution in [2.24, 2.45) is 5.73 Å². The summed E-state index contributed by atoms with van der Waals surface area (Å²) in [6, 6.07) is 10.6. The second kappa shape index (κ2) is 3.71. The molecule has 1 fully saturated rings. The highest BCUT2D eigenvalue weighted by Gasteiger charge is 2.36. The lowest BCUT2D eigenvalue weighted by molar-refractivity contribution is 0.0925. The summed E-state index contributed by atoms with van der Waals surface area (Å²) >= 11 is 0. The molecule has 0 unspecified atom stereocenters. The van der Waals surface area contributed by atoms with Crippen LogP contribution in [0.5, 0.6) is 0 Å². The number of benzene rings is 1. The fourth-order valence-corrected chi connectivity index (χ4v) is 2.22. The third-order valence-electron chi connectivity index (χ3n) is 2.92. The van der Waals surface area contributed by atoms with Gasteiger partial charge in [0.15, 0.2) is 0 Å². The van der Waals surface area contributed by atoms with Gasteiger partial charge in [-0.3, -0.25) is 0 Å². The van der Waals surface area contributed by atoms with E-state index in [-0.39, 0.29) is 5.54 Å². The number of likely N-dealkylation sites (N-methyl/N-ethyl adjacent to an activating group) is 1. The Morgan fingerprint density at radius 3 is 2.50 bits per heavy atom. The minimum atomic E-state index is 0.0740. The number of nitrogens with zero attached hydrogens (tertiary/aromatic N) is 1. The van der Waals surface area contributed by atoms with Gasteiger partial charge < -0.3 is 10.6 Å². The molecule has 1 aliphatic rings. The van der Waals surface area contributed by atoms with Gasteiger partial charge in [0.1, 0.15) is 0 Å².